The molecule has 1 amide bonds. The van der Waals surface area contributed by atoms with E-state index < -0.39 is 33.6 Å². The molecule has 0 heterocycles. The SMILES string of the molecule is COc1cc(N(C(=O)Cl)[N+](=O)[O-])ccc1C(F)(F)F. The summed E-state index contributed by atoms with van der Waals surface area (Å²) in [5, 5.41) is 7.86. The fourth-order valence-electron chi connectivity index (χ4n) is 1.31. The Bertz CT molecular complexity index is 507. The zero-order chi connectivity index (χ0) is 14.8. The fraction of sp³-hybridized carbons (Fsp3) is 0.222. The van der Waals surface area contributed by atoms with E-state index in [0.29, 0.717) is 12.1 Å². The van der Waals surface area contributed by atoms with Gasteiger partial charge in [0, 0.05) is 6.07 Å². The lowest BCUT2D eigenvalue weighted by atomic mass is 10.1. The number of halogens is 4. The van der Waals surface area contributed by atoms with Gasteiger partial charge in [-0.05, 0) is 28.7 Å². The molecule has 0 unspecified atom stereocenters. The molecule has 1 aromatic rings. The monoisotopic (exact) mass is 298 g/mol. The number of hydrazine groups is 1. The Morgan fingerprint density at radius 1 is 1.47 bits per heavy atom. The van der Waals surface area contributed by atoms with E-state index in [1.807, 2.05) is 0 Å². The van der Waals surface area contributed by atoms with Gasteiger partial charge in [0.1, 0.15) is 11.4 Å². The van der Waals surface area contributed by atoms with Gasteiger partial charge in [0.2, 0.25) is 0 Å². The minimum Gasteiger partial charge on any atom is -0.496 e. The third kappa shape index (κ3) is 3.25. The number of hydrogen-bond acceptors (Lipinski definition) is 4. The maximum Gasteiger partial charge on any atom is 0.419 e. The summed E-state index contributed by atoms with van der Waals surface area (Å²) in [5.41, 5.74) is -1.57. The van der Waals surface area contributed by atoms with Gasteiger partial charge in [0.05, 0.1) is 12.7 Å². The predicted octanol–water partition coefficient (Wildman–Crippen LogP) is 3.07. The van der Waals surface area contributed by atoms with Crippen molar-refractivity contribution in [3.63, 3.8) is 0 Å². The smallest absolute Gasteiger partial charge is 0.419 e. The summed E-state index contributed by atoms with van der Waals surface area (Å²) in [6.45, 7) is 0. The van der Waals surface area contributed by atoms with E-state index in [-0.39, 0.29) is 5.01 Å². The quantitative estimate of drug-likeness (QED) is 0.372. The Morgan fingerprint density at radius 3 is 2.42 bits per heavy atom. The number of methoxy groups -OCH3 is 1. The number of nitrogens with zero attached hydrogens (tertiary/aromatic N) is 2. The second-order valence-corrected chi connectivity index (χ2v) is 3.51. The molecule has 1 aromatic carbocycles. The van der Waals surface area contributed by atoms with Crippen LogP contribution in [0.3, 0.4) is 0 Å². The summed E-state index contributed by atoms with van der Waals surface area (Å²) in [6, 6.07) is 2.00. The van der Waals surface area contributed by atoms with E-state index in [1.165, 1.54) is 0 Å². The first-order chi connectivity index (χ1) is 8.68. The molecule has 0 aliphatic heterocycles. The molecule has 6 nitrogen and oxygen atoms in total. The Hall–Kier alpha value is -2.03. The van der Waals surface area contributed by atoms with Gasteiger partial charge >= 0.3 is 11.5 Å². The first kappa shape index (κ1) is 15.0. The highest BCUT2D eigenvalue weighted by molar-refractivity contribution is 6.65. The van der Waals surface area contributed by atoms with Crippen LogP contribution < -0.4 is 9.75 Å². The molecule has 0 radical (unpaired) electrons. The molecular formula is C9H6ClF3N2O4. The van der Waals surface area contributed by atoms with Crippen molar-refractivity contribution in [2.24, 2.45) is 0 Å². The van der Waals surface area contributed by atoms with E-state index in [9.17, 15) is 28.1 Å². The number of carbonyl (C=O) groups is 1. The van der Waals surface area contributed by atoms with Crippen molar-refractivity contribution >= 4 is 22.7 Å². The number of rotatable bonds is 3. The molecular weight excluding hydrogens is 293 g/mol. The normalized spacial score (nSPS) is 11.0. The van der Waals surface area contributed by atoms with E-state index in [0.717, 1.165) is 13.2 Å². The van der Waals surface area contributed by atoms with Crippen LogP contribution in [-0.2, 0) is 6.18 Å². The number of alkyl halides is 3. The molecule has 0 N–H and O–H groups in total. The summed E-state index contributed by atoms with van der Waals surface area (Å²) in [7, 11) is 0.966. The maximum absolute atomic E-state index is 12.6. The molecule has 0 aromatic heterocycles. The van der Waals surface area contributed by atoms with Crippen molar-refractivity contribution in [2.45, 2.75) is 6.18 Å². The lowest BCUT2D eigenvalue weighted by molar-refractivity contribution is -0.480. The van der Waals surface area contributed by atoms with Crippen LogP contribution in [0.2, 0.25) is 0 Å². The van der Waals surface area contributed by atoms with Gasteiger partial charge in [0.15, 0.2) is 5.03 Å². The van der Waals surface area contributed by atoms with Gasteiger partial charge in [-0.25, -0.2) is 14.9 Å². The highest BCUT2D eigenvalue weighted by Gasteiger charge is 2.36. The number of carbonyl (C=O) groups excluding carboxylic acids is 1. The number of nitro groups is 1. The Kier molecular flexibility index (Phi) is 4.20. The molecule has 0 saturated heterocycles. The molecule has 1 rings (SSSR count). The van der Waals surface area contributed by atoms with Crippen molar-refractivity contribution in [3.05, 3.63) is 33.9 Å². The van der Waals surface area contributed by atoms with Crippen molar-refractivity contribution in [1.29, 1.82) is 0 Å². The number of amides is 1. The van der Waals surface area contributed by atoms with Crippen LogP contribution in [-0.4, -0.2) is 17.5 Å². The van der Waals surface area contributed by atoms with E-state index in [1.54, 1.807) is 0 Å². The van der Waals surface area contributed by atoms with Gasteiger partial charge in [-0.1, -0.05) is 0 Å². The minimum absolute atomic E-state index is 0.107. The van der Waals surface area contributed by atoms with Crippen molar-refractivity contribution in [2.75, 3.05) is 12.1 Å². The highest BCUT2D eigenvalue weighted by Crippen LogP contribution is 2.38. The minimum atomic E-state index is -4.69. The number of benzene rings is 1. The molecule has 10 heteroatoms. The molecule has 0 aliphatic rings. The maximum atomic E-state index is 12.6. The topological polar surface area (TPSA) is 72.7 Å². The third-order valence-corrected chi connectivity index (χ3v) is 2.23. The zero-order valence-corrected chi connectivity index (χ0v) is 10.0. The van der Waals surface area contributed by atoms with E-state index in [4.69, 9.17) is 11.6 Å². The van der Waals surface area contributed by atoms with Crippen LogP contribution in [0.25, 0.3) is 0 Å². The second kappa shape index (κ2) is 5.31. The average Bonchev–Trinajstić information content (AvgIpc) is 2.26. The van der Waals surface area contributed by atoms with Crippen molar-refractivity contribution < 1.29 is 27.7 Å². The summed E-state index contributed by atoms with van der Waals surface area (Å²) >= 11 is 4.98. The fourth-order valence-corrected chi connectivity index (χ4v) is 1.47. The van der Waals surface area contributed by atoms with Crippen LogP contribution in [0.15, 0.2) is 18.2 Å². The Balaban J connectivity index is 3.34. The molecule has 0 fully saturated rings. The standard InChI is InChI=1S/C9H6ClF3N2O4/c1-19-7-4-5(14(8(10)16)15(17)18)2-3-6(7)9(11,12)13/h2-4H,1H3. The van der Waals surface area contributed by atoms with Gasteiger partial charge in [-0.2, -0.15) is 13.2 Å². The van der Waals surface area contributed by atoms with Crippen LogP contribution in [0.4, 0.5) is 23.7 Å². The van der Waals surface area contributed by atoms with Gasteiger partial charge < -0.3 is 4.74 Å². The molecule has 104 valence electrons. The van der Waals surface area contributed by atoms with Gasteiger partial charge in [-0.15, -0.1) is 0 Å². The highest BCUT2D eigenvalue weighted by atomic mass is 35.5. The van der Waals surface area contributed by atoms with Gasteiger partial charge in [0.25, 0.3) is 0 Å². The Morgan fingerprint density at radius 2 is 2.05 bits per heavy atom. The molecule has 0 saturated carbocycles. The van der Waals surface area contributed by atoms with Crippen LogP contribution >= 0.6 is 11.6 Å². The number of ether oxygens (including phenoxy) is 1. The molecule has 0 atom stereocenters. The molecule has 0 aliphatic carbocycles. The average molecular weight is 299 g/mol. The van der Waals surface area contributed by atoms with Crippen LogP contribution in [0, 0.1) is 10.1 Å². The lowest BCUT2D eigenvalue weighted by Gasteiger charge is -2.14. The summed E-state index contributed by atoms with van der Waals surface area (Å²) in [6.07, 6.45) is -4.69. The molecule has 0 bridgehead atoms. The van der Waals surface area contributed by atoms with Crippen molar-refractivity contribution in [1.82, 2.24) is 0 Å². The molecule has 0 spiro atoms. The summed E-state index contributed by atoms with van der Waals surface area (Å²) in [4.78, 5) is 21.4. The van der Waals surface area contributed by atoms with Crippen molar-refractivity contribution in [3.8, 4) is 5.75 Å². The first-order valence-electron chi connectivity index (χ1n) is 4.57. The number of hydrogen-bond donors (Lipinski definition) is 0. The first-order valence-corrected chi connectivity index (χ1v) is 4.95. The summed E-state index contributed by atoms with van der Waals surface area (Å²) < 4.78 is 42.2. The molecule has 19 heavy (non-hydrogen) atoms. The second-order valence-electron chi connectivity index (χ2n) is 3.18. The third-order valence-electron chi connectivity index (χ3n) is 2.06. The van der Waals surface area contributed by atoms with Crippen LogP contribution in [0.1, 0.15) is 5.56 Å². The summed E-state index contributed by atoms with van der Waals surface area (Å²) in [5.74, 6) is -0.658. The predicted molar refractivity (Wildman–Crippen MR) is 58.7 cm³/mol. The van der Waals surface area contributed by atoms with Crippen LogP contribution in [0.5, 0.6) is 5.75 Å². The van der Waals surface area contributed by atoms with E-state index >= 15 is 0 Å². The zero-order valence-electron chi connectivity index (χ0n) is 9.27. The Labute approximate surface area is 109 Å². The number of anilines is 1. The lowest BCUT2D eigenvalue weighted by Crippen LogP contribution is -2.32. The largest absolute Gasteiger partial charge is 0.496 e. The van der Waals surface area contributed by atoms with E-state index in [2.05, 4.69) is 4.74 Å². The van der Waals surface area contributed by atoms with Gasteiger partial charge in [-0.3, -0.25) is 0 Å².